The molecule has 3 nitrogen and oxygen atoms in total. The van der Waals surface area contributed by atoms with Crippen LogP contribution in [0.2, 0.25) is 0 Å². The number of carbonyl (C=O) groups excluding carboxylic acids is 1. The minimum absolute atomic E-state index is 0.161. The number of rotatable bonds is 0. The van der Waals surface area contributed by atoms with Crippen molar-refractivity contribution in [3.63, 3.8) is 0 Å². The molecule has 4 atom stereocenters. The molecule has 5 rings (SSSR count). The number of carbonyl (C=O) groups is 1. The van der Waals surface area contributed by atoms with Gasteiger partial charge in [0.15, 0.2) is 11.6 Å². The zero-order chi connectivity index (χ0) is 10.8. The van der Waals surface area contributed by atoms with E-state index in [9.17, 15) is 4.79 Å². The van der Waals surface area contributed by atoms with Crippen LogP contribution in [0.1, 0.15) is 6.42 Å². The molecule has 84 valence electrons. The van der Waals surface area contributed by atoms with E-state index in [1.807, 2.05) is 0 Å². The number of ketones is 1. The second-order valence-corrected chi connectivity index (χ2v) is 5.15. The molecule has 5 aliphatic rings. The summed E-state index contributed by atoms with van der Waals surface area (Å²) >= 11 is 0. The van der Waals surface area contributed by atoms with Crippen LogP contribution in [0.15, 0.2) is 24.3 Å². The molecule has 0 aromatic heterocycles. The molecule has 1 saturated carbocycles. The van der Waals surface area contributed by atoms with Crippen molar-refractivity contribution < 1.29 is 14.3 Å². The van der Waals surface area contributed by atoms with Gasteiger partial charge in [-0.05, 0) is 17.9 Å². The highest BCUT2D eigenvalue weighted by molar-refractivity contribution is 5.95. The molecule has 1 spiro atoms. The predicted octanol–water partition coefficient (Wildman–Crippen LogP) is 1.31. The van der Waals surface area contributed by atoms with Crippen LogP contribution in [0.25, 0.3) is 0 Å². The molecule has 0 N–H and O–H groups in total. The Balaban J connectivity index is 1.78. The lowest BCUT2D eigenvalue weighted by Gasteiger charge is -2.50. The van der Waals surface area contributed by atoms with Crippen molar-refractivity contribution in [3.8, 4) is 0 Å². The van der Waals surface area contributed by atoms with Crippen LogP contribution in [0.4, 0.5) is 0 Å². The fraction of sp³-hybridized carbons (Fsp3) is 0.615. The Hall–Kier alpha value is -0.930. The van der Waals surface area contributed by atoms with E-state index in [4.69, 9.17) is 9.47 Å². The van der Waals surface area contributed by atoms with Gasteiger partial charge in [0.25, 0.3) is 0 Å². The second-order valence-electron chi connectivity index (χ2n) is 5.15. The quantitative estimate of drug-likeness (QED) is 0.575. The van der Waals surface area contributed by atoms with E-state index in [-0.39, 0.29) is 17.6 Å². The van der Waals surface area contributed by atoms with Crippen molar-refractivity contribution in [3.05, 3.63) is 24.3 Å². The predicted molar refractivity (Wildman–Crippen MR) is 56.5 cm³/mol. The molecule has 0 aromatic rings. The third-order valence-electron chi connectivity index (χ3n) is 4.47. The topological polar surface area (TPSA) is 35.5 Å². The maximum Gasteiger partial charge on any atom is 0.175 e. The van der Waals surface area contributed by atoms with Crippen molar-refractivity contribution in [1.82, 2.24) is 0 Å². The lowest BCUT2D eigenvalue weighted by atomic mass is 9.60. The van der Waals surface area contributed by atoms with Gasteiger partial charge in [-0.3, -0.25) is 4.79 Å². The lowest BCUT2D eigenvalue weighted by molar-refractivity contribution is -0.227. The molecule has 2 bridgehead atoms. The monoisotopic (exact) mass is 218 g/mol. The Morgan fingerprint density at radius 1 is 1.19 bits per heavy atom. The first-order valence-corrected chi connectivity index (χ1v) is 5.98. The summed E-state index contributed by atoms with van der Waals surface area (Å²) in [4.78, 5) is 11.8. The molecule has 1 saturated heterocycles. The van der Waals surface area contributed by atoms with Crippen LogP contribution >= 0.6 is 0 Å². The zero-order valence-electron chi connectivity index (χ0n) is 8.96. The van der Waals surface area contributed by atoms with Crippen LogP contribution in [0.5, 0.6) is 0 Å². The van der Waals surface area contributed by atoms with Crippen molar-refractivity contribution in [2.75, 3.05) is 13.2 Å². The SMILES string of the molecule is O=C1C=C[C@H]2[C@@H]1[C@H]1C=C[C@@H]2C2(C1)OCCO2. The molecule has 0 amide bonds. The Morgan fingerprint density at radius 3 is 2.81 bits per heavy atom. The van der Waals surface area contributed by atoms with Gasteiger partial charge in [-0.15, -0.1) is 0 Å². The Labute approximate surface area is 94.1 Å². The molecule has 1 heterocycles. The third kappa shape index (κ3) is 0.937. The summed E-state index contributed by atoms with van der Waals surface area (Å²) in [6, 6.07) is 0. The van der Waals surface area contributed by atoms with Gasteiger partial charge in [0, 0.05) is 18.3 Å². The first kappa shape index (κ1) is 9.14. The molecule has 1 aliphatic heterocycles. The van der Waals surface area contributed by atoms with Gasteiger partial charge in [0.1, 0.15) is 0 Å². The molecule has 0 unspecified atom stereocenters. The molecule has 2 fully saturated rings. The lowest BCUT2D eigenvalue weighted by Crippen LogP contribution is -2.54. The molecule has 0 radical (unpaired) electrons. The van der Waals surface area contributed by atoms with E-state index in [0.29, 0.717) is 25.0 Å². The van der Waals surface area contributed by atoms with Gasteiger partial charge < -0.3 is 9.47 Å². The summed E-state index contributed by atoms with van der Waals surface area (Å²) in [5.74, 6) is 0.860. The van der Waals surface area contributed by atoms with E-state index in [1.165, 1.54) is 0 Å². The normalized spacial score (nSPS) is 46.9. The van der Waals surface area contributed by atoms with E-state index >= 15 is 0 Å². The third-order valence-corrected chi connectivity index (χ3v) is 4.47. The summed E-state index contributed by atoms with van der Waals surface area (Å²) in [7, 11) is 0. The van der Waals surface area contributed by atoms with E-state index in [2.05, 4.69) is 18.2 Å². The van der Waals surface area contributed by atoms with Crippen LogP contribution in [0.3, 0.4) is 0 Å². The van der Waals surface area contributed by atoms with Crippen LogP contribution in [0, 0.1) is 23.7 Å². The highest BCUT2D eigenvalue weighted by atomic mass is 16.7. The minimum atomic E-state index is -0.421. The van der Waals surface area contributed by atoms with E-state index < -0.39 is 5.79 Å². The van der Waals surface area contributed by atoms with Crippen LogP contribution in [-0.4, -0.2) is 24.8 Å². The van der Waals surface area contributed by atoms with Crippen molar-refractivity contribution >= 4 is 5.78 Å². The molecular formula is C13H14O3. The molecule has 0 aromatic carbocycles. The molecular weight excluding hydrogens is 204 g/mol. The summed E-state index contributed by atoms with van der Waals surface area (Å²) in [6.45, 7) is 1.37. The first-order chi connectivity index (χ1) is 7.80. The number of hydrogen-bond acceptors (Lipinski definition) is 3. The van der Waals surface area contributed by atoms with Gasteiger partial charge in [0.05, 0.1) is 13.2 Å². The van der Waals surface area contributed by atoms with Crippen molar-refractivity contribution in [1.29, 1.82) is 0 Å². The molecule has 3 heteroatoms. The zero-order valence-corrected chi connectivity index (χ0v) is 8.96. The van der Waals surface area contributed by atoms with Gasteiger partial charge in [-0.2, -0.15) is 0 Å². The van der Waals surface area contributed by atoms with Gasteiger partial charge in [-0.1, -0.05) is 18.2 Å². The fourth-order valence-corrected chi connectivity index (χ4v) is 3.86. The summed E-state index contributed by atoms with van der Waals surface area (Å²) < 4.78 is 11.7. The van der Waals surface area contributed by atoms with E-state index in [1.54, 1.807) is 6.08 Å². The van der Waals surface area contributed by atoms with Gasteiger partial charge in [0.2, 0.25) is 0 Å². The number of hydrogen-bond donors (Lipinski definition) is 0. The summed E-state index contributed by atoms with van der Waals surface area (Å²) in [6.07, 6.45) is 9.04. The summed E-state index contributed by atoms with van der Waals surface area (Å²) in [5, 5.41) is 0. The van der Waals surface area contributed by atoms with Crippen molar-refractivity contribution in [2.24, 2.45) is 23.7 Å². The summed E-state index contributed by atoms with van der Waals surface area (Å²) in [5.41, 5.74) is 0. The van der Waals surface area contributed by atoms with Crippen LogP contribution in [-0.2, 0) is 14.3 Å². The maximum atomic E-state index is 11.8. The Bertz CT molecular complexity index is 403. The maximum absolute atomic E-state index is 11.8. The highest BCUT2D eigenvalue weighted by Crippen LogP contribution is 2.55. The molecule has 16 heavy (non-hydrogen) atoms. The van der Waals surface area contributed by atoms with Gasteiger partial charge in [-0.25, -0.2) is 0 Å². The van der Waals surface area contributed by atoms with E-state index in [0.717, 1.165) is 6.42 Å². The van der Waals surface area contributed by atoms with Gasteiger partial charge >= 0.3 is 0 Å². The smallest absolute Gasteiger partial charge is 0.175 e. The number of allylic oxidation sites excluding steroid dienone is 3. The Morgan fingerprint density at radius 2 is 2.00 bits per heavy atom. The highest BCUT2D eigenvalue weighted by Gasteiger charge is 2.59. The Kier molecular flexibility index (Phi) is 1.62. The van der Waals surface area contributed by atoms with Crippen molar-refractivity contribution in [2.45, 2.75) is 12.2 Å². The number of ether oxygens (including phenoxy) is 2. The standard InChI is InChI=1S/C13H14O3/c14-11-4-2-9-10-3-1-8(12(9)11)7-13(10)15-5-6-16-13/h1-4,8-10,12H,5-7H2/t8-,9+,10-,12-/m0/s1. The minimum Gasteiger partial charge on any atom is -0.347 e. The largest absolute Gasteiger partial charge is 0.347 e. The second kappa shape index (κ2) is 2.84. The average molecular weight is 218 g/mol. The average Bonchev–Trinajstić information content (AvgIpc) is 2.89. The molecule has 4 aliphatic carbocycles. The first-order valence-electron chi connectivity index (χ1n) is 5.98. The fourth-order valence-electron chi connectivity index (χ4n) is 3.86. The van der Waals surface area contributed by atoms with Crippen LogP contribution < -0.4 is 0 Å².